The molecule has 0 aliphatic carbocycles. The molecule has 2 heterocycles. The van der Waals surface area contributed by atoms with E-state index in [2.05, 4.69) is 19.6 Å². The number of ether oxygens (including phenoxy) is 2. The Bertz CT molecular complexity index is 1260. The summed E-state index contributed by atoms with van der Waals surface area (Å²) in [7, 11) is -2.37. The van der Waals surface area contributed by atoms with Crippen LogP contribution in [-0.4, -0.2) is 57.2 Å². The van der Waals surface area contributed by atoms with Gasteiger partial charge in [0.15, 0.2) is 6.10 Å². The van der Waals surface area contributed by atoms with Crippen LogP contribution in [0, 0.1) is 5.82 Å². The number of nitrogens with one attached hydrogen (secondary N) is 1. The van der Waals surface area contributed by atoms with Gasteiger partial charge in [0.2, 0.25) is 0 Å². The average Bonchev–Trinajstić information content (AvgIpc) is 3.07. The molecule has 1 aromatic heterocycles. The van der Waals surface area contributed by atoms with Crippen LogP contribution in [0.2, 0.25) is 5.02 Å². The molecule has 0 spiro atoms. The Morgan fingerprint density at radius 1 is 1.28 bits per heavy atom. The first kappa shape index (κ1) is 24.1. The summed E-state index contributed by atoms with van der Waals surface area (Å²) in [5.74, 6) is 0.0734. The molecule has 0 saturated carbocycles. The van der Waals surface area contributed by atoms with E-state index in [4.69, 9.17) is 21.1 Å². The smallest absolute Gasteiger partial charge is 0.150 e. The van der Waals surface area contributed by atoms with Gasteiger partial charge in [0, 0.05) is 28.3 Å². The molecule has 8 nitrogen and oxygen atoms in total. The van der Waals surface area contributed by atoms with Gasteiger partial charge >= 0.3 is 0 Å². The van der Waals surface area contributed by atoms with Crippen molar-refractivity contribution in [2.75, 3.05) is 31.0 Å². The van der Waals surface area contributed by atoms with Crippen LogP contribution in [0.25, 0.3) is 10.9 Å². The van der Waals surface area contributed by atoms with Gasteiger partial charge in [-0.2, -0.15) is 4.36 Å². The van der Waals surface area contributed by atoms with Crippen LogP contribution < -0.4 is 10.1 Å². The summed E-state index contributed by atoms with van der Waals surface area (Å²) in [5, 5.41) is 13.9. The third-order valence-electron chi connectivity index (χ3n) is 4.47. The Kier molecular flexibility index (Phi) is 7.19. The minimum absolute atomic E-state index is 0. The van der Waals surface area contributed by atoms with E-state index < -0.39 is 27.8 Å². The van der Waals surface area contributed by atoms with Crippen LogP contribution in [0.15, 0.2) is 41.0 Å². The lowest BCUT2D eigenvalue weighted by Crippen LogP contribution is -2.30. The number of aliphatic hydroxyl groups excluding tert-OH is 1. The molecule has 0 unspecified atom stereocenters. The first-order valence-corrected chi connectivity index (χ1v) is 12.0. The van der Waals surface area contributed by atoms with Gasteiger partial charge in [-0.25, -0.2) is 18.6 Å². The summed E-state index contributed by atoms with van der Waals surface area (Å²) in [5.41, 5.74) is 1.37. The minimum Gasteiger partial charge on any atom is -0.483 e. The normalized spacial score (nSPS) is 18.3. The average molecular weight is 483 g/mol. The molecule has 0 bridgehead atoms. The van der Waals surface area contributed by atoms with Crippen molar-refractivity contribution in [2.45, 2.75) is 19.6 Å². The number of hydrogen-bond acceptors (Lipinski definition) is 8. The quantitative estimate of drug-likeness (QED) is 0.558. The molecule has 2 N–H and O–H groups in total. The number of aromatic nitrogens is 2. The van der Waals surface area contributed by atoms with Crippen molar-refractivity contribution in [3.8, 4) is 5.75 Å². The monoisotopic (exact) mass is 482 g/mol. The highest BCUT2D eigenvalue weighted by Gasteiger charge is 2.29. The van der Waals surface area contributed by atoms with Crippen molar-refractivity contribution < 1.29 is 23.2 Å². The third kappa shape index (κ3) is 5.44. The minimum atomic E-state index is -2.37. The largest absolute Gasteiger partial charge is 0.483 e. The summed E-state index contributed by atoms with van der Waals surface area (Å²) in [6.07, 6.45) is 2.98. The Morgan fingerprint density at radius 3 is 2.75 bits per heavy atom. The van der Waals surface area contributed by atoms with Crippen LogP contribution >= 0.6 is 11.6 Å². The highest BCUT2D eigenvalue weighted by molar-refractivity contribution is 7.92. The first-order chi connectivity index (χ1) is 14.7. The first-order valence-electron chi connectivity index (χ1n) is 9.30. The standard InChI is InChI=1S/C20H20ClFN4O4S.CH4/c1-31(2,28)26-12-6-13(21)19-15(7-12)23-10-24-20(19)25-14-4-3-11(22)5-17(14)30-18-9-29-8-16(18)27;/h3-7,10,16,18,27H,8-9H2,1-2H3,(H,23,24,25);1H4/t16-,18+;/m1./s1. The molecular formula is C21H24ClFN4O4S. The lowest BCUT2D eigenvalue weighted by Gasteiger charge is -2.19. The van der Waals surface area contributed by atoms with E-state index in [1.54, 1.807) is 12.1 Å². The Hall–Kier alpha value is -2.53. The number of fused-ring (bicyclic) bond motifs is 1. The fourth-order valence-electron chi connectivity index (χ4n) is 3.15. The Morgan fingerprint density at radius 2 is 2.06 bits per heavy atom. The number of nitrogens with zero attached hydrogens (tertiary/aromatic N) is 3. The summed E-state index contributed by atoms with van der Waals surface area (Å²) in [4.78, 5) is 8.50. The lowest BCUT2D eigenvalue weighted by atomic mass is 10.2. The summed E-state index contributed by atoms with van der Waals surface area (Å²) in [6, 6.07) is 7.24. The van der Waals surface area contributed by atoms with Gasteiger partial charge in [0.1, 0.15) is 29.8 Å². The molecule has 0 radical (unpaired) electrons. The van der Waals surface area contributed by atoms with E-state index in [-0.39, 0.29) is 26.4 Å². The van der Waals surface area contributed by atoms with Gasteiger partial charge in [0.05, 0.1) is 40.5 Å². The van der Waals surface area contributed by atoms with Gasteiger partial charge in [-0.15, -0.1) is 0 Å². The summed E-state index contributed by atoms with van der Waals surface area (Å²) in [6.45, 7) is 0.355. The third-order valence-corrected chi connectivity index (χ3v) is 5.42. The van der Waals surface area contributed by atoms with Gasteiger partial charge in [-0.1, -0.05) is 19.0 Å². The number of halogens is 2. The highest BCUT2D eigenvalue weighted by Crippen LogP contribution is 2.36. The van der Waals surface area contributed by atoms with Crippen molar-refractivity contribution in [1.29, 1.82) is 0 Å². The van der Waals surface area contributed by atoms with E-state index in [0.29, 0.717) is 33.1 Å². The van der Waals surface area contributed by atoms with Crippen molar-refractivity contribution in [3.05, 3.63) is 47.5 Å². The summed E-state index contributed by atoms with van der Waals surface area (Å²) < 4.78 is 41.0. The predicted octanol–water partition coefficient (Wildman–Crippen LogP) is 4.30. The van der Waals surface area contributed by atoms with Crippen LogP contribution in [0.4, 0.5) is 21.6 Å². The van der Waals surface area contributed by atoms with Gasteiger partial charge in [-0.3, -0.25) is 0 Å². The molecule has 1 aliphatic rings. The molecule has 1 aliphatic heterocycles. The van der Waals surface area contributed by atoms with Gasteiger partial charge in [0.25, 0.3) is 0 Å². The Balaban J connectivity index is 0.00000289. The molecule has 2 aromatic carbocycles. The van der Waals surface area contributed by atoms with E-state index >= 15 is 0 Å². The van der Waals surface area contributed by atoms with E-state index in [9.17, 15) is 13.7 Å². The number of benzene rings is 2. The van der Waals surface area contributed by atoms with E-state index in [0.717, 1.165) is 0 Å². The fraction of sp³-hybridized carbons (Fsp3) is 0.333. The Labute approximate surface area is 190 Å². The van der Waals surface area contributed by atoms with Gasteiger partial charge < -0.3 is 19.9 Å². The molecular weight excluding hydrogens is 459 g/mol. The van der Waals surface area contributed by atoms with Crippen LogP contribution in [0.1, 0.15) is 7.43 Å². The summed E-state index contributed by atoms with van der Waals surface area (Å²) >= 11 is 6.47. The second kappa shape index (κ2) is 9.53. The fourth-order valence-corrected chi connectivity index (χ4v) is 4.06. The van der Waals surface area contributed by atoms with Crippen molar-refractivity contribution in [1.82, 2.24) is 9.97 Å². The maximum Gasteiger partial charge on any atom is 0.150 e. The zero-order valence-electron chi connectivity index (χ0n) is 16.7. The predicted molar refractivity (Wildman–Crippen MR) is 124 cm³/mol. The lowest BCUT2D eigenvalue weighted by molar-refractivity contribution is 0.0736. The molecule has 1 saturated heterocycles. The number of aliphatic hydroxyl groups is 1. The number of anilines is 2. The zero-order chi connectivity index (χ0) is 22.2. The van der Waals surface area contributed by atoms with Gasteiger partial charge in [-0.05, 0) is 24.3 Å². The van der Waals surface area contributed by atoms with Crippen molar-refractivity contribution in [2.24, 2.45) is 4.36 Å². The zero-order valence-corrected chi connectivity index (χ0v) is 18.3. The molecule has 11 heteroatoms. The molecule has 1 fully saturated rings. The molecule has 172 valence electrons. The maximum atomic E-state index is 13.9. The maximum absolute atomic E-state index is 13.9. The SMILES string of the molecule is C.CS(C)(=O)=Nc1cc(Cl)c2c(Nc3ccc(F)cc3O[C@H]3COC[C@H]3O)ncnc2c1. The molecule has 4 rings (SSSR count). The van der Waals surface area contributed by atoms with Crippen LogP contribution in [0.3, 0.4) is 0 Å². The van der Waals surface area contributed by atoms with E-state index in [1.807, 2.05) is 0 Å². The van der Waals surface area contributed by atoms with Crippen LogP contribution in [0.5, 0.6) is 5.75 Å². The molecule has 32 heavy (non-hydrogen) atoms. The van der Waals surface area contributed by atoms with E-state index in [1.165, 1.54) is 37.0 Å². The second-order valence-electron chi connectivity index (χ2n) is 7.34. The topological polar surface area (TPSA) is 106 Å². The van der Waals surface area contributed by atoms with Crippen LogP contribution in [-0.2, 0) is 14.5 Å². The molecule has 0 amide bonds. The second-order valence-corrected chi connectivity index (χ2v) is 10.3. The number of rotatable bonds is 5. The molecule has 3 aromatic rings. The van der Waals surface area contributed by atoms with Crippen molar-refractivity contribution in [3.63, 3.8) is 0 Å². The van der Waals surface area contributed by atoms with Crippen molar-refractivity contribution >= 4 is 49.4 Å². The molecule has 2 atom stereocenters. The highest BCUT2D eigenvalue weighted by atomic mass is 35.5. The number of hydrogen-bond donors (Lipinski definition) is 2.